The molecule has 0 aromatic carbocycles. The fourth-order valence-electron chi connectivity index (χ4n) is 1.23. The molecule has 0 saturated carbocycles. The van der Waals surface area contributed by atoms with Gasteiger partial charge < -0.3 is 25.2 Å². The molecular weight excluding hydrogens is 246 g/mol. The fourth-order valence-corrected chi connectivity index (χ4v) is 1.55. The Bertz CT molecular complexity index is 331. The van der Waals surface area contributed by atoms with Gasteiger partial charge in [0.05, 0.1) is 6.61 Å². The van der Waals surface area contributed by atoms with Crippen LogP contribution < -0.4 is 5.14 Å². The van der Waals surface area contributed by atoms with Gasteiger partial charge in [0, 0.05) is 0 Å². The van der Waals surface area contributed by atoms with E-state index in [-0.39, 0.29) is 0 Å². The monoisotopic (exact) mass is 259 g/mol. The summed E-state index contributed by atoms with van der Waals surface area (Å²) in [5, 5.41) is 41.3. The molecule has 0 aromatic heterocycles. The molecule has 6 N–H and O–H groups in total. The number of hydrogen-bond donors (Lipinski definition) is 5. The van der Waals surface area contributed by atoms with E-state index in [1.54, 1.807) is 0 Å². The number of aliphatic hydroxyl groups is 4. The van der Waals surface area contributed by atoms with E-state index in [1.165, 1.54) is 0 Å². The van der Waals surface area contributed by atoms with Gasteiger partial charge in [0.2, 0.25) is 0 Å². The van der Waals surface area contributed by atoms with E-state index >= 15 is 0 Å². The molecule has 9 nitrogen and oxygen atoms in total. The molecule has 10 heteroatoms. The van der Waals surface area contributed by atoms with Crippen LogP contribution in [0.2, 0.25) is 0 Å². The van der Waals surface area contributed by atoms with Gasteiger partial charge in [-0.05, 0) is 0 Å². The number of hydrogen-bond acceptors (Lipinski definition) is 8. The molecule has 0 unspecified atom stereocenters. The normalized spacial score (nSPS) is 40.9. The molecule has 1 heterocycles. The first-order chi connectivity index (χ1) is 7.22. The van der Waals surface area contributed by atoms with E-state index in [4.69, 9.17) is 10.2 Å². The summed E-state index contributed by atoms with van der Waals surface area (Å²) in [6.07, 6.45) is -8.00. The molecule has 16 heavy (non-hydrogen) atoms. The molecule has 0 aromatic rings. The quantitative estimate of drug-likeness (QED) is 0.343. The average Bonchev–Trinajstić information content (AvgIpc) is 2.17. The smallest absolute Gasteiger partial charge is 0.333 e. The summed E-state index contributed by atoms with van der Waals surface area (Å²) in [7, 11) is -4.21. The zero-order valence-corrected chi connectivity index (χ0v) is 8.82. The largest absolute Gasteiger partial charge is 0.387 e. The highest BCUT2D eigenvalue weighted by atomic mass is 32.2. The third-order valence-electron chi connectivity index (χ3n) is 2.08. The molecule has 1 rings (SSSR count). The fraction of sp³-hybridized carbons (Fsp3) is 1.00. The molecule has 0 spiro atoms. The van der Waals surface area contributed by atoms with Gasteiger partial charge in [0.25, 0.3) is 0 Å². The standard InChI is InChI=1S/C6H13NO8S/c7-16(12,13)14-1-2-3(8)4(9)5(10)6(11)15-2/h2-6,8-11H,1H2,(H2,7,12,13)/t2-,3-,4+,5-,6-/m1/s1. The van der Waals surface area contributed by atoms with Crippen molar-refractivity contribution < 1.29 is 37.8 Å². The van der Waals surface area contributed by atoms with Crippen LogP contribution in [0.5, 0.6) is 0 Å². The van der Waals surface area contributed by atoms with Crippen molar-refractivity contribution in [1.29, 1.82) is 0 Å². The average molecular weight is 259 g/mol. The predicted octanol–water partition coefficient (Wildman–Crippen LogP) is -3.99. The number of aliphatic hydroxyl groups excluding tert-OH is 4. The topological polar surface area (TPSA) is 160 Å². The maximum atomic E-state index is 10.5. The second-order valence-corrected chi connectivity index (χ2v) is 4.54. The third-order valence-corrected chi connectivity index (χ3v) is 2.55. The van der Waals surface area contributed by atoms with Gasteiger partial charge in [-0.2, -0.15) is 8.42 Å². The zero-order chi connectivity index (χ0) is 12.5. The molecular formula is C6H13NO8S. The summed E-state index contributed by atoms with van der Waals surface area (Å²) in [4.78, 5) is 0. The third kappa shape index (κ3) is 3.33. The molecule has 1 aliphatic rings. The maximum Gasteiger partial charge on any atom is 0.333 e. The van der Waals surface area contributed by atoms with Gasteiger partial charge in [-0.15, -0.1) is 0 Å². The summed E-state index contributed by atoms with van der Waals surface area (Å²) >= 11 is 0. The van der Waals surface area contributed by atoms with Gasteiger partial charge >= 0.3 is 10.3 Å². The Balaban J connectivity index is 2.61. The highest BCUT2D eigenvalue weighted by molar-refractivity contribution is 7.84. The van der Waals surface area contributed by atoms with Crippen LogP contribution in [0.25, 0.3) is 0 Å². The van der Waals surface area contributed by atoms with Crippen LogP contribution in [-0.4, -0.2) is 66.2 Å². The van der Waals surface area contributed by atoms with Crippen LogP contribution >= 0.6 is 0 Å². The first-order valence-electron chi connectivity index (χ1n) is 4.27. The van der Waals surface area contributed by atoms with Gasteiger partial charge in [-0.1, -0.05) is 0 Å². The van der Waals surface area contributed by atoms with Crippen LogP contribution in [0.15, 0.2) is 0 Å². The second kappa shape index (κ2) is 4.89. The van der Waals surface area contributed by atoms with Crippen molar-refractivity contribution in [3.8, 4) is 0 Å². The molecule has 0 bridgehead atoms. The first-order valence-corrected chi connectivity index (χ1v) is 5.74. The minimum atomic E-state index is -4.21. The maximum absolute atomic E-state index is 10.5. The first kappa shape index (κ1) is 13.7. The SMILES string of the molecule is NS(=O)(=O)OC[C@H]1O[C@@H](O)[C@H](O)[C@@H](O)[C@@H]1O. The van der Waals surface area contributed by atoms with Crippen molar-refractivity contribution >= 4 is 10.3 Å². The van der Waals surface area contributed by atoms with Crippen molar-refractivity contribution in [2.24, 2.45) is 5.14 Å². The molecule has 0 amide bonds. The van der Waals surface area contributed by atoms with E-state index in [0.717, 1.165) is 0 Å². The molecule has 1 fully saturated rings. The van der Waals surface area contributed by atoms with Crippen LogP contribution in [0.4, 0.5) is 0 Å². The molecule has 1 aliphatic heterocycles. The van der Waals surface area contributed by atoms with Crippen LogP contribution in [-0.2, 0) is 19.2 Å². The van der Waals surface area contributed by atoms with Crippen molar-refractivity contribution in [3.63, 3.8) is 0 Å². The lowest BCUT2D eigenvalue weighted by atomic mass is 10.00. The Kier molecular flexibility index (Phi) is 4.20. The van der Waals surface area contributed by atoms with Gasteiger partial charge in [-0.25, -0.2) is 5.14 Å². The lowest BCUT2D eigenvalue weighted by Gasteiger charge is -2.37. The summed E-state index contributed by atoms with van der Waals surface area (Å²) in [6, 6.07) is 0. The summed E-state index contributed by atoms with van der Waals surface area (Å²) in [6.45, 7) is -0.680. The van der Waals surface area contributed by atoms with Gasteiger partial charge in [0.1, 0.15) is 24.4 Å². The number of nitrogens with two attached hydrogens (primary N) is 1. The van der Waals surface area contributed by atoms with Crippen molar-refractivity contribution in [1.82, 2.24) is 0 Å². The summed E-state index contributed by atoms with van der Waals surface area (Å²) in [5.74, 6) is 0. The molecule has 0 aliphatic carbocycles. The second-order valence-electron chi connectivity index (χ2n) is 3.31. The van der Waals surface area contributed by atoms with E-state index in [9.17, 15) is 18.6 Å². The minimum Gasteiger partial charge on any atom is -0.387 e. The lowest BCUT2D eigenvalue weighted by molar-refractivity contribution is -0.285. The highest BCUT2D eigenvalue weighted by Crippen LogP contribution is 2.20. The molecule has 1 saturated heterocycles. The molecule has 0 radical (unpaired) electrons. The van der Waals surface area contributed by atoms with Crippen LogP contribution in [0.3, 0.4) is 0 Å². The predicted molar refractivity (Wildman–Crippen MR) is 48.0 cm³/mol. The number of rotatable bonds is 3. The van der Waals surface area contributed by atoms with E-state index in [0.29, 0.717) is 0 Å². The van der Waals surface area contributed by atoms with Crippen LogP contribution in [0.1, 0.15) is 0 Å². The Labute approximate surface area is 91.3 Å². The van der Waals surface area contributed by atoms with E-state index in [2.05, 4.69) is 14.1 Å². The van der Waals surface area contributed by atoms with Crippen LogP contribution in [0, 0.1) is 0 Å². The van der Waals surface area contributed by atoms with Crippen molar-refractivity contribution in [2.45, 2.75) is 30.7 Å². The van der Waals surface area contributed by atoms with E-state index in [1.807, 2.05) is 0 Å². The Morgan fingerprint density at radius 1 is 1.12 bits per heavy atom. The number of ether oxygens (including phenoxy) is 1. The highest BCUT2D eigenvalue weighted by Gasteiger charge is 2.43. The molecule has 96 valence electrons. The zero-order valence-electron chi connectivity index (χ0n) is 8.00. The summed E-state index contributed by atoms with van der Waals surface area (Å²) in [5.41, 5.74) is 0. The Morgan fingerprint density at radius 3 is 2.19 bits per heavy atom. The lowest BCUT2D eigenvalue weighted by Crippen LogP contribution is -2.58. The van der Waals surface area contributed by atoms with Crippen molar-refractivity contribution in [3.05, 3.63) is 0 Å². The van der Waals surface area contributed by atoms with E-state index < -0.39 is 47.6 Å². The molecule has 5 atom stereocenters. The summed E-state index contributed by atoms with van der Waals surface area (Å²) < 4.78 is 29.7. The Morgan fingerprint density at radius 2 is 1.69 bits per heavy atom. The van der Waals surface area contributed by atoms with Crippen molar-refractivity contribution in [2.75, 3.05) is 6.61 Å². The minimum absolute atomic E-state index is 0.680. The van der Waals surface area contributed by atoms with Gasteiger partial charge in [0.15, 0.2) is 6.29 Å². The Hall–Kier alpha value is -0.330. The van der Waals surface area contributed by atoms with Gasteiger partial charge in [-0.3, -0.25) is 4.18 Å².